The number of halogens is 2. The average Bonchev–Trinajstić information content (AvgIpc) is 3.41. The molecule has 2 aliphatic rings. The number of alkyl halides is 1. The van der Waals surface area contributed by atoms with Crippen LogP contribution in [0.5, 0.6) is 0 Å². The first kappa shape index (κ1) is 19.2. The van der Waals surface area contributed by atoms with Crippen LogP contribution in [0, 0.1) is 11.7 Å². The number of amides is 2. The second kappa shape index (κ2) is 8.25. The summed E-state index contributed by atoms with van der Waals surface area (Å²) >= 11 is 0. The number of nitrogens with one attached hydrogen (secondary N) is 3. The summed E-state index contributed by atoms with van der Waals surface area (Å²) in [6.45, 7) is -0.919. The molecule has 3 aromatic rings. The number of benzene rings is 1. The molecule has 13 heteroatoms. The molecule has 1 saturated carbocycles. The molecule has 0 saturated heterocycles. The number of rotatable bonds is 5. The lowest BCUT2D eigenvalue weighted by Gasteiger charge is -2.34. The molecule has 11 nitrogen and oxygen atoms in total. The summed E-state index contributed by atoms with van der Waals surface area (Å²) in [6.07, 6.45) is -1.15. The molecule has 3 N–H and O–H groups in total. The Hall–Kier alpha value is -4.16. The summed E-state index contributed by atoms with van der Waals surface area (Å²) in [6, 6.07) is 3.52. The molecular weight excluding hydrogens is 460 g/mol. The average molecular weight is 487 g/mol. The Morgan fingerprint density at radius 3 is 2.66 bits per heavy atom. The zero-order valence-corrected chi connectivity index (χ0v) is 18.9. The lowest BCUT2D eigenvalue weighted by atomic mass is 9.96. The van der Waals surface area contributed by atoms with Gasteiger partial charge < -0.3 is 20.9 Å². The number of anilines is 4. The first-order chi connectivity index (χ1) is 17.8. The van der Waals surface area contributed by atoms with E-state index in [1.165, 1.54) is 23.0 Å². The van der Waals surface area contributed by atoms with E-state index in [1.807, 2.05) is 17.1 Å². The summed E-state index contributed by atoms with van der Waals surface area (Å²) in [5.74, 6) is -3.21. The number of carbonyl (C=O) groups is 2. The molecule has 1 fully saturated rings. The van der Waals surface area contributed by atoms with Crippen LogP contribution in [0.1, 0.15) is 39.7 Å². The predicted molar refractivity (Wildman–Crippen MR) is 124 cm³/mol. The van der Waals surface area contributed by atoms with Crippen LogP contribution >= 0.6 is 0 Å². The van der Waals surface area contributed by atoms with E-state index >= 15 is 0 Å². The molecule has 5 rings (SSSR count). The number of hydrogen-bond acceptors (Lipinski definition) is 8. The third-order valence-electron chi connectivity index (χ3n) is 6.09. The second-order valence-corrected chi connectivity index (χ2v) is 8.48. The van der Waals surface area contributed by atoms with Crippen molar-refractivity contribution < 1.29 is 22.5 Å². The highest BCUT2D eigenvalue weighted by Crippen LogP contribution is 2.47. The zero-order valence-electron chi connectivity index (χ0n) is 21.9. The number of nitrogens with zero attached hydrogens (tertiary/aromatic N) is 6. The van der Waals surface area contributed by atoms with E-state index in [0.29, 0.717) is 22.6 Å². The molecule has 0 bridgehead atoms. The molecule has 3 heterocycles. The van der Waals surface area contributed by atoms with Crippen molar-refractivity contribution >= 4 is 34.7 Å². The maximum atomic E-state index is 14.9. The van der Waals surface area contributed by atoms with Crippen LogP contribution in [0.4, 0.5) is 31.7 Å². The van der Waals surface area contributed by atoms with Crippen LogP contribution < -0.4 is 20.9 Å². The second-order valence-electron chi connectivity index (χ2n) is 8.48. The molecular formula is C22H23F2N9O2. The Labute approximate surface area is 203 Å². The van der Waals surface area contributed by atoms with Gasteiger partial charge in [-0.2, -0.15) is 15.0 Å². The van der Waals surface area contributed by atoms with Gasteiger partial charge in [0.25, 0.3) is 5.91 Å². The van der Waals surface area contributed by atoms with Crippen LogP contribution in [0.25, 0.3) is 11.3 Å². The van der Waals surface area contributed by atoms with Crippen LogP contribution in [-0.4, -0.2) is 57.2 Å². The topological polar surface area (TPSA) is 130 Å². The largest absolute Gasteiger partial charge is 0.364 e. The van der Waals surface area contributed by atoms with Crippen molar-refractivity contribution in [3.05, 3.63) is 35.4 Å². The number of fused-ring (bicyclic) bond motifs is 3. The molecule has 35 heavy (non-hydrogen) atoms. The van der Waals surface area contributed by atoms with Crippen molar-refractivity contribution in [2.24, 2.45) is 13.0 Å². The van der Waals surface area contributed by atoms with Crippen LogP contribution in [-0.2, 0) is 11.8 Å². The van der Waals surface area contributed by atoms with Crippen molar-refractivity contribution in [2.45, 2.75) is 25.6 Å². The van der Waals surface area contributed by atoms with E-state index in [9.17, 15) is 18.4 Å². The first-order valence-corrected chi connectivity index (χ1v) is 10.7. The number of aromatic nitrogens is 5. The van der Waals surface area contributed by atoms with Gasteiger partial charge in [0, 0.05) is 36.8 Å². The van der Waals surface area contributed by atoms with E-state index in [-0.39, 0.29) is 29.7 Å². The fourth-order valence-corrected chi connectivity index (χ4v) is 4.10. The molecule has 182 valence electrons. The molecule has 2 amide bonds. The lowest BCUT2D eigenvalue weighted by Crippen LogP contribution is -2.27. The van der Waals surface area contributed by atoms with E-state index in [4.69, 9.17) is 4.11 Å². The first-order valence-electron chi connectivity index (χ1n) is 12.2. The summed E-state index contributed by atoms with van der Waals surface area (Å²) in [5.41, 5.74) is 1.85. The predicted octanol–water partition coefficient (Wildman–Crippen LogP) is 2.32. The summed E-state index contributed by atoms with van der Waals surface area (Å²) in [4.78, 5) is 28.2. The summed E-state index contributed by atoms with van der Waals surface area (Å²) in [7, 11) is 3.44. The Balaban J connectivity index is 1.58. The van der Waals surface area contributed by atoms with Crippen molar-refractivity contribution in [1.29, 1.82) is 0 Å². The van der Waals surface area contributed by atoms with Crippen LogP contribution in [0.3, 0.4) is 0 Å². The van der Waals surface area contributed by atoms with Gasteiger partial charge in [-0.15, -0.1) is 10.2 Å². The monoisotopic (exact) mass is 486 g/mol. The SMILES string of the molecule is [2H]C([2H])([2H])NC(=O)c1nnc(NC(=O)[C@H]2C[C@@H]2F)cc1Nc1cc(F)cc2c1N(C)[C@H](C)c1nn(C)nc1-2. The van der Waals surface area contributed by atoms with Crippen molar-refractivity contribution in [2.75, 3.05) is 29.6 Å². The number of hydrogen-bond donors (Lipinski definition) is 3. The maximum Gasteiger partial charge on any atom is 0.273 e. The van der Waals surface area contributed by atoms with E-state index in [1.54, 1.807) is 14.1 Å². The third-order valence-corrected chi connectivity index (χ3v) is 6.09. The van der Waals surface area contributed by atoms with Gasteiger partial charge in [0.1, 0.15) is 23.4 Å². The molecule has 0 radical (unpaired) electrons. The Morgan fingerprint density at radius 2 is 1.94 bits per heavy atom. The molecule has 0 unspecified atom stereocenters. The Bertz CT molecular complexity index is 1460. The molecule has 2 aromatic heterocycles. The third kappa shape index (κ3) is 3.92. The van der Waals surface area contributed by atoms with Gasteiger partial charge >= 0.3 is 0 Å². The Morgan fingerprint density at radius 1 is 1.17 bits per heavy atom. The standard InChI is InChI=1S/C22H23F2N9O2/c1-9-17-18(31-33(4)30-17)12-5-10(23)6-15(20(12)32(9)3)26-14-8-16(27-21(34)11-7-13(11)24)28-29-19(14)22(35)25-2/h5-6,8-9,11,13H,7H2,1-4H3,(H,25,35)(H2,26,27,28,34)/t9-,11+,13+/m1/s1/i2D3. The number of aryl methyl sites for hydroxylation is 1. The van der Waals surface area contributed by atoms with Crippen LogP contribution in [0.2, 0.25) is 0 Å². The normalized spacial score (nSPS) is 21.7. The van der Waals surface area contributed by atoms with E-state index < -0.39 is 42.4 Å². The quantitative estimate of drug-likeness (QED) is 0.501. The summed E-state index contributed by atoms with van der Waals surface area (Å²) in [5, 5.41) is 23.6. The molecule has 0 spiro atoms. The zero-order chi connectivity index (χ0) is 27.5. The molecule has 1 aliphatic heterocycles. The van der Waals surface area contributed by atoms with Gasteiger partial charge in [-0.1, -0.05) is 0 Å². The highest BCUT2D eigenvalue weighted by molar-refractivity contribution is 6.01. The fraction of sp³-hybridized carbons (Fsp3) is 0.364. The summed E-state index contributed by atoms with van der Waals surface area (Å²) < 4.78 is 50.2. The van der Waals surface area contributed by atoms with E-state index in [0.717, 1.165) is 0 Å². The maximum absolute atomic E-state index is 14.9. The molecule has 3 atom stereocenters. The van der Waals surface area contributed by atoms with E-state index in [2.05, 4.69) is 31.0 Å². The number of carbonyl (C=O) groups excluding carboxylic acids is 2. The van der Waals surface area contributed by atoms with Crippen molar-refractivity contribution in [1.82, 2.24) is 30.5 Å². The van der Waals surface area contributed by atoms with Crippen molar-refractivity contribution in [3.8, 4) is 11.3 Å². The van der Waals surface area contributed by atoms with Gasteiger partial charge in [0.05, 0.1) is 29.0 Å². The molecule has 1 aliphatic carbocycles. The van der Waals surface area contributed by atoms with Gasteiger partial charge in [-0.25, -0.2) is 8.78 Å². The minimum Gasteiger partial charge on any atom is -0.364 e. The van der Waals surface area contributed by atoms with Gasteiger partial charge in [-0.05, 0) is 25.5 Å². The highest BCUT2D eigenvalue weighted by atomic mass is 19.1. The van der Waals surface area contributed by atoms with Crippen molar-refractivity contribution in [3.63, 3.8) is 0 Å². The fourth-order valence-electron chi connectivity index (χ4n) is 4.10. The molecule has 1 aromatic carbocycles. The van der Waals surface area contributed by atoms with Gasteiger partial charge in [0.2, 0.25) is 5.91 Å². The van der Waals surface area contributed by atoms with Crippen LogP contribution in [0.15, 0.2) is 18.2 Å². The Kier molecular flexibility index (Phi) is 4.52. The smallest absolute Gasteiger partial charge is 0.273 e. The highest BCUT2D eigenvalue weighted by Gasteiger charge is 2.44. The minimum absolute atomic E-state index is 0.0663. The lowest BCUT2D eigenvalue weighted by molar-refractivity contribution is -0.117. The minimum atomic E-state index is -2.82. The van der Waals surface area contributed by atoms with Gasteiger partial charge in [-0.3, -0.25) is 9.59 Å². The van der Waals surface area contributed by atoms with Gasteiger partial charge in [0.15, 0.2) is 11.5 Å².